The first-order chi connectivity index (χ1) is 12.5. The SMILES string of the molecule is O=S(=O)(c1ccc(Cl)s1)N1CCN(c2ncnc3c(F)cccc23)CC1. The van der Waals surface area contributed by atoms with Crippen molar-refractivity contribution in [3.8, 4) is 0 Å². The molecule has 2 aromatic heterocycles. The quantitative estimate of drug-likeness (QED) is 0.661. The lowest BCUT2D eigenvalue weighted by molar-refractivity contribution is 0.385. The number of hydrogen-bond acceptors (Lipinski definition) is 6. The molecule has 0 atom stereocenters. The van der Waals surface area contributed by atoms with Gasteiger partial charge in [0.15, 0.2) is 0 Å². The van der Waals surface area contributed by atoms with Gasteiger partial charge < -0.3 is 4.90 Å². The monoisotopic (exact) mass is 412 g/mol. The van der Waals surface area contributed by atoms with E-state index < -0.39 is 15.8 Å². The number of piperazine rings is 1. The van der Waals surface area contributed by atoms with Crippen LogP contribution in [-0.2, 0) is 10.0 Å². The van der Waals surface area contributed by atoms with Crippen molar-refractivity contribution >= 4 is 49.7 Å². The molecule has 0 N–H and O–H groups in total. The van der Waals surface area contributed by atoms with Gasteiger partial charge in [-0.1, -0.05) is 17.7 Å². The molecular weight excluding hydrogens is 399 g/mol. The lowest BCUT2D eigenvalue weighted by Gasteiger charge is -2.34. The largest absolute Gasteiger partial charge is 0.353 e. The van der Waals surface area contributed by atoms with Crippen molar-refractivity contribution in [1.82, 2.24) is 14.3 Å². The standard InChI is InChI=1S/C16H14ClFN4O2S2/c17-13-4-5-14(25-13)26(23,24)22-8-6-21(7-9-22)16-11-2-1-3-12(18)15(11)19-10-20-16/h1-5,10H,6-9H2. The number of halogens is 2. The normalized spacial score (nSPS) is 16.3. The first-order valence-corrected chi connectivity index (χ1v) is 10.5. The third-order valence-electron chi connectivity index (χ3n) is 4.28. The number of fused-ring (bicyclic) bond motifs is 1. The van der Waals surface area contributed by atoms with Crippen molar-refractivity contribution in [1.29, 1.82) is 0 Å². The molecule has 1 fully saturated rings. The summed E-state index contributed by atoms with van der Waals surface area (Å²) in [6.45, 7) is 1.55. The Labute approximate surface area is 158 Å². The van der Waals surface area contributed by atoms with E-state index in [1.54, 1.807) is 18.2 Å². The first-order valence-electron chi connectivity index (χ1n) is 7.86. The predicted octanol–water partition coefficient (Wildman–Crippen LogP) is 2.99. The minimum atomic E-state index is -3.55. The summed E-state index contributed by atoms with van der Waals surface area (Å²) in [7, 11) is -3.55. The molecule has 1 aliphatic heterocycles. The number of nitrogens with zero attached hydrogens (tertiary/aromatic N) is 4. The summed E-state index contributed by atoms with van der Waals surface area (Å²) in [5.74, 6) is 0.215. The molecule has 0 radical (unpaired) electrons. The average Bonchev–Trinajstić information content (AvgIpc) is 3.09. The van der Waals surface area contributed by atoms with Gasteiger partial charge in [0, 0.05) is 31.6 Å². The van der Waals surface area contributed by atoms with Crippen LogP contribution >= 0.6 is 22.9 Å². The summed E-state index contributed by atoms with van der Waals surface area (Å²) in [5.41, 5.74) is 0.265. The van der Waals surface area contributed by atoms with E-state index in [1.807, 2.05) is 4.90 Å². The second-order valence-corrected chi connectivity index (χ2v) is 9.66. The van der Waals surface area contributed by atoms with E-state index in [0.29, 0.717) is 41.7 Å². The van der Waals surface area contributed by atoms with Gasteiger partial charge in [0.25, 0.3) is 10.0 Å². The van der Waals surface area contributed by atoms with Crippen LogP contribution < -0.4 is 4.90 Å². The fourth-order valence-corrected chi connectivity index (χ4v) is 6.05. The summed E-state index contributed by atoms with van der Waals surface area (Å²) in [5, 5.41) is 0.619. The van der Waals surface area contributed by atoms with Crippen molar-refractivity contribution in [2.45, 2.75) is 4.21 Å². The van der Waals surface area contributed by atoms with E-state index in [9.17, 15) is 12.8 Å². The molecule has 3 heterocycles. The van der Waals surface area contributed by atoms with Crippen molar-refractivity contribution in [3.05, 3.63) is 46.8 Å². The third-order valence-corrected chi connectivity index (χ3v) is 7.87. The number of sulfonamides is 1. The molecule has 0 aliphatic carbocycles. The minimum absolute atomic E-state index is 0.241. The Morgan fingerprint density at radius 1 is 1.08 bits per heavy atom. The lowest BCUT2D eigenvalue weighted by atomic mass is 10.2. The molecule has 1 aromatic carbocycles. The van der Waals surface area contributed by atoms with Gasteiger partial charge in [0.1, 0.15) is 27.7 Å². The van der Waals surface area contributed by atoms with Gasteiger partial charge in [-0.05, 0) is 24.3 Å². The highest BCUT2D eigenvalue weighted by Gasteiger charge is 2.30. The first kappa shape index (κ1) is 17.6. The Kier molecular flexibility index (Phi) is 4.55. The molecule has 1 saturated heterocycles. The average molecular weight is 413 g/mol. The maximum absolute atomic E-state index is 13.9. The molecule has 136 valence electrons. The number of rotatable bonds is 3. The second kappa shape index (κ2) is 6.73. The van der Waals surface area contributed by atoms with Gasteiger partial charge in [-0.25, -0.2) is 22.8 Å². The van der Waals surface area contributed by atoms with Crippen molar-refractivity contribution in [2.24, 2.45) is 0 Å². The van der Waals surface area contributed by atoms with Crippen molar-refractivity contribution in [2.75, 3.05) is 31.1 Å². The van der Waals surface area contributed by atoms with E-state index in [4.69, 9.17) is 11.6 Å². The molecule has 1 aliphatic rings. The summed E-state index contributed by atoms with van der Waals surface area (Å²) in [6, 6.07) is 7.85. The fourth-order valence-electron chi connectivity index (χ4n) is 2.99. The minimum Gasteiger partial charge on any atom is -0.353 e. The molecule has 0 amide bonds. The highest BCUT2D eigenvalue weighted by Crippen LogP contribution is 2.30. The van der Waals surface area contributed by atoms with Gasteiger partial charge in [-0.2, -0.15) is 4.31 Å². The molecule has 0 bridgehead atoms. The molecule has 0 spiro atoms. The van der Waals surface area contributed by atoms with Crippen molar-refractivity contribution in [3.63, 3.8) is 0 Å². The number of benzene rings is 1. The molecule has 4 rings (SSSR count). The zero-order valence-electron chi connectivity index (χ0n) is 13.5. The predicted molar refractivity (Wildman–Crippen MR) is 99.8 cm³/mol. The molecule has 0 saturated carbocycles. The number of thiophene rings is 1. The topological polar surface area (TPSA) is 66.4 Å². The molecule has 3 aromatic rings. The van der Waals surface area contributed by atoms with Crippen LogP contribution in [0.1, 0.15) is 0 Å². The van der Waals surface area contributed by atoms with Crippen LogP contribution in [0.25, 0.3) is 10.9 Å². The summed E-state index contributed by atoms with van der Waals surface area (Å²) in [4.78, 5) is 10.2. The van der Waals surface area contributed by atoms with Crippen LogP contribution in [0.2, 0.25) is 4.34 Å². The van der Waals surface area contributed by atoms with Crippen LogP contribution in [0.5, 0.6) is 0 Å². The van der Waals surface area contributed by atoms with Gasteiger partial charge >= 0.3 is 0 Å². The van der Waals surface area contributed by atoms with Gasteiger partial charge in [-0.15, -0.1) is 11.3 Å². The lowest BCUT2D eigenvalue weighted by Crippen LogP contribution is -2.48. The smallest absolute Gasteiger partial charge is 0.252 e. The number of hydrogen-bond donors (Lipinski definition) is 0. The zero-order valence-corrected chi connectivity index (χ0v) is 15.9. The van der Waals surface area contributed by atoms with E-state index in [1.165, 1.54) is 22.8 Å². The Balaban J connectivity index is 1.57. The summed E-state index contributed by atoms with van der Waals surface area (Å²) < 4.78 is 41.4. The van der Waals surface area contributed by atoms with E-state index in [2.05, 4.69) is 9.97 Å². The summed E-state index contributed by atoms with van der Waals surface area (Å²) in [6.07, 6.45) is 1.33. The van der Waals surface area contributed by atoms with Gasteiger partial charge in [0.2, 0.25) is 0 Å². The van der Waals surface area contributed by atoms with E-state index in [-0.39, 0.29) is 9.73 Å². The third kappa shape index (κ3) is 3.05. The number of para-hydroxylation sites is 1. The van der Waals surface area contributed by atoms with Gasteiger partial charge in [0.05, 0.1) is 4.34 Å². The fraction of sp³-hybridized carbons (Fsp3) is 0.250. The maximum atomic E-state index is 13.9. The number of anilines is 1. The molecular formula is C16H14ClFN4O2S2. The van der Waals surface area contributed by atoms with Crippen molar-refractivity contribution < 1.29 is 12.8 Å². The van der Waals surface area contributed by atoms with Crippen LogP contribution in [0.15, 0.2) is 40.9 Å². The van der Waals surface area contributed by atoms with Crippen LogP contribution in [0.4, 0.5) is 10.2 Å². The zero-order chi connectivity index (χ0) is 18.3. The van der Waals surface area contributed by atoms with E-state index in [0.717, 1.165) is 11.3 Å². The maximum Gasteiger partial charge on any atom is 0.252 e. The number of aromatic nitrogens is 2. The Bertz CT molecular complexity index is 1070. The Hall–Kier alpha value is -1.81. The van der Waals surface area contributed by atoms with Crippen LogP contribution in [0, 0.1) is 5.82 Å². The Morgan fingerprint density at radius 3 is 2.54 bits per heavy atom. The highest BCUT2D eigenvalue weighted by molar-refractivity contribution is 7.91. The van der Waals surface area contributed by atoms with Crippen LogP contribution in [-0.4, -0.2) is 48.9 Å². The van der Waals surface area contributed by atoms with Gasteiger partial charge in [-0.3, -0.25) is 0 Å². The van der Waals surface area contributed by atoms with Crippen LogP contribution in [0.3, 0.4) is 0 Å². The highest BCUT2D eigenvalue weighted by atomic mass is 35.5. The molecule has 0 unspecified atom stereocenters. The molecule has 26 heavy (non-hydrogen) atoms. The second-order valence-electron chi connectivity index (χ2n) is 5.78. The summed E-state index contributed by atoms with van der Waals surface area (Å²) >= 11 is 6.91. The molecule has 10 heteroatoms. The molecule has 6 nitrogen and oxygen atoms in total. The Morgan fingerprint density at radius 2 is 1.85 bits per heavy atom. The van der Waals surface area contributed by atoms with E-state index >= 15 is 0 Å².